The second kappa shape index (κ2) is 6.92. The Morgan fingerprint density at radius 1 is 1.35 bits per heavy atom. The molecule has 2 aliphatic rings. The van der Waals surface area contributed by atoms with Crippen LogP contribution < -0.4 is 5.32 Å². The summed E-state index contributed by atoms with van der Waals surface area (Å²) >= 11 is 0. The zero-order valence-electron chi connectivity index (χ0n) is 11.2. The number of fused-ring (bicyclic) bond motifs is 1. The number of carbonyl (C=O) groups excluding carboxylic acids is 1. The fourth-order valence-electron chi connectivity index (χ4n) is 2.62. The van der Waals surface area contributed by atoms with Crippen LogP contribution in [-0.4, -0.2) is 49.4 Å². The molecule has 2 heterocycles. The van der Waals surface area contributed by atoms with Gasteiger partial charge in [0.1, 0.15) is 6.61 Å². The number of nitrogens with one attached hydrogen (secondary N) is 1. The standard InChI is InChI=1S/C14H18N2O3.ClH/c17-14(19-10-11-4-2-1-3-5-11)16-6-7-18-13-9-15-8-12(13)16;/h1-5,12-13,15H,6-10H2;1H. The summed E-state index contributed by atoms with van der Waals surface area (Å²) in [5.41, 5.74) is 1.00. The zero-order chi connectivity index (χ0) is 13.1. The molecule has 20 heavy (non-hydrogen) atoms. The predicted molar refractivity (Wildman–Crippen MR) is 77.0 cm³/mol. The lowest BCUT2D eigenvalue weighted by Gasteiger charge is -2.36. The predicted octanol–water partition coefficient (Wildman–Crippen LogP) is 1.42. The normalized spacial score (nSPS) is 24.7. The van der Waals surface area contributed by atoms with Crippen molar-refractivity contribution in [2.24, 2.45) is 0 Å². The van der Waals surface area contributed by atoms with Gasteiger partial charge < -0.3 is 14.8 Å². The lowest BCUT2D eigenvalue weighted by atomic mass is 10.1. The Balaban J connectivity index is 0.00000147. The Hall–Kier alpha value is -1.30. The number of amides is 1. The van der Waals surface area contributed by atoms with Crippen molar-refractivity contribution in [3.8, 4) is 0 Å². The highest BCUT2D eigenvalue weighted by Gasteiger charge is 2.39. The second-order valence-corrected chi connectivity index (χ2v) is 4.87. The van der Waals surface area contributed by atoms with Crippen LogP contribution >= 0.6 is 12.4 Å². The Kier molecular flexibility index (Phi) is 5.23. The van der Waals surface area contributed by atoms with E-state index in [1.807, 2.05) is 30.3 Å². The molecule has 2 atom stereocenters. The fourth-order valence-corrected chi connectivity index (χ4v) is 2.62. The fraction of sp³-hybridized carbons (Fsp3) is 0.500. The molecule has 3 rings (SSSR count). The number of hydrogen-bond donors (Lipinski definition) is 1. The molecule has 0 bridgehead atoms. The summed E-state index contributed by atoms with van der Waals surface area (Å²) in [7, 11) is 0. The molecule has 0 spiro atoms. The Morgan fingerprint density at radius 2 is 2.15 bits per heavy atom. The van der Waals surface area contributed by atoms with Crippen LogP contribution in [0.5, 0.6) is 0 Å². The lowest BCUT2D eigenvalue weighted by molar-refractivity contribution is -0.0441. The third-order valence-electron chi connectivity index (χ3n) is 3.63. The van der Waals surface area contributed by atoms with Crippen molar-refractivity contribution >= 4 is 18.5 Å². The first kappa shape index (κ1) is 15.1. The van der Waals surface area contributed by atoms with Crippen molar-refractivity contribution in [1.82, 2.24) is 10.2 Å². The van der Waals surface area contributed by atoms with Gasteiger partial charge in [-0.3, -0.25) is 4.90 Å². The van der Waals surface area contributed by atoms with E-state index in [2.05, 4.69) is 5.32 Å². The molecule has 110 valence electrons. The highest BCUT2D eigenvalue weighted by atomic mass is 35.5. The van der Waals surface area contributed by atoms with Gasteiger partial charge in [-0.1, -0.05) is 30.3 Å². The summed E-state index contributed by atoms with van der Waals surface area (Å²) in [6.45, 7) is 3.11. The molecule has 1 aromatic rings. The number of ether oxygens (including phenoxy) is 2. The van der Waals surface area contributed by atoms with Crippen molar-refractivity contribution < 1.29 is 14.3 Å². The number of hydrogen-bond acceptors (Lipinski definition) is 4. The van der Waals surface area contributed by atoms with Crippen molar-refractivity contribution in [1.29, 1.82) is 0 Å². The summed E-state index contributed by atoms with van der Waals surface area (Å²) in [5, 5.41) is 3.25. The van der Waals surface area contributed by atoms with Crippen molar-refractivity contribution in [2.45, 2.75) is 18.8 Å². The van der Waals surface area contributed by atoms with Gasteiger partial charge in [-0.15, -0.1) is 12.4 Å². The Bertz CT molecular complexity index is 443. The number of benzene rings is 1. The molecule has 6 heteroatoms. The molecule has 0 saturated carbocycles. The van der Waals surface area contributed by atoms with E-state index in [-0.39, 0.29) is 30.6 Å². The first-order chi connectivity index (χ1) is 9.34. The molecule has 0 radical (unpaired) electrons. The minimum absolute atomic E-state index is 0. The van der Waals surface area contributed by atoms with E-state index < -0.39 is 0 Å². The minimum Gasteiger partial charge on any atom is -0.445 e. The van der Waals surface area contributed by atoms with Gasteiger partial charge in [-0.25, -0.2) is 4.79 Å². The maximum Gasteiger partial charge on any atom is 0.410 e. The van der Waals surface area contributed by atoms with Gasteiger partial charge in [0.05, 0.1) is 18.8 Å². The summed E-state index contributed by atoms with van der Waals surface area (Å²) in [4.78, 5) is 13.9. The highest BCUT2D eigenvalue weighted by molar-refractivity contribution is 5.85. The smallest absolute Gasteiger partial charge is 0.410 e. The van der Waals surface area contributed by atoms with Crippen LogP contribution in [0.3, 0.4) is 0 Å². The summed E-state index contributed by atoms with van der Waals surface area (Å²) in [6, 6.07) is 9.84. The average Bonchev–Trinajstić information content (AvgIpc) is 2.94. The van der Waals surface area contributed by atoms with Gasteiger partial charge in [0.2, 0.25) is 0 Å². The van der Waals surface area contributed by atoms with Gasteiger partial charge in [-0.2, -0.15) is 0 Å². The van der Waals surface area contributed by atoms with Crippen LogP contribution in [0.2, 0.25) is 0 Å². The molecule has 2 unspecified atom stereocenters. The maximum atomic E-state index is 12.1. The third kappa shape index (κ3) is 3.23. The largest absolute Gasteiger partial charge is 0.445 e. The molecule has 0 aliphatic carbocycles. The molecule has 5 nitrogen and oxygen atoms in total. The number of halogens is 1. The van der Waals surface area contributed by atoms with Crippen LogP contribution in [0.1, 0.15) is 5.56 Å². The molecular weight excluding hydrogens is 280 g/mol. The monoisotopic (exact) mass is 298 g/mol. The van der Waals surface area contributed by atoms with Gasteiger partial charge in [0.15, 0.2) is 0 Å². The number of carbonyl (C=O) groups is 1. The molecule has 1 amide bonds. The van der Waals surface area contributed by atoms with Crippen molar-refractivity contribution in [2.75, 3.05) is 26.2 Å². The van der Waals surface area contributed by atoms with Crippen LogP contribution in [-0.2, 0) is 16.1 Å². The molecular formula is C14H19ClN2O3. The van der Waals surface area contributed by atoms with Crippen LogP contribution in [0.25, 0.3) is 0 Å². The summed E-state index contributed by atoms with van der Waals surface area (Å²) in [5.74, 6) is 0. The SMILES string of the molecule is Cl.O=C(OCc1ccccc1)N1CCOC2CNCC21. The van der Waals surface area contributed by atoms with Crippen molar-refractivity contribution in [3.05, 3.63) is 35.9 Å². The maximum absolute atomic E-state index is 12.1. The highest BCUT2D eigenvalue weighted by Crippen LogP contribution is 2.18. The third-order valence-corrected chi connectivity index (χ3v) is 3.63. The number of rotatable bonds is 2. The lowest BCUT2D eigenvalue weighted by Crippen LogP contribution is -2.53. The van der Waals surface area contributed by atoms with Gasteiger partial charge in [-0.05, 0) is 5.56 Å². The van der Waals surface area contributed by atoms with Gasteiger partial charge in [0.25, 0.3) is 0 Å². The first-order valence-electron chi connectivity index (χ1n) is 6.64. The summed E-state index contributed by atoms with van der Waals surface area (Å²) < 4.78 is 11.0. The van der Waals surface area contributed by atoms with E-state index in [9.17, 15) is 4.79 Å². The van der Waals surface area contributed by atoms with E-state index >= 15 is 0 Å². The van der Waals surface area contributed by atoms with E-state index in [1.165, 1.54) is 0 Å². The van der Waals surface area contributed by atoms with Crippen LogP contribution in [0.15, 0.2) is 30.3 Å². The van der Waals surface area contributed by atoms with Crippen LogP contribution in [0.4, 0.5) is 4.79 Å². The van der Waals surface area contributed by atoms with E-state index in [1.54, 1.807) is 4.90 Å². The first-order valence-corrected chi connectivity index (χ1v) is 6.64. The van der Waals surface area contributed by atoms with Crippen LogP contribution in [0, 0.1) is 0 Å². The Labute approximate surface area is 124 Å². The Morgan fingerprint density at radius 3 is 2.95 bits per heavy atom. The number of morpholine rings is 1. The topological polar surface area (TPSA) is 50.8 Å². The summed E-state index contributed by atoms with van der Waals surface area (Å²) in [6.07, 6.45) is -0.135. The quantitative estimate of drug-likeness (QED) is 0.897. The molecule has 2 aliphatic heterocycles. The average molecular weight is 299 g/mol. The second-order valence-electron chi connectivity index (χ2n) is 4.87. The molecule has 0 aromatic heterocycles. The van der Waals surface area contributed by atoms with E-state index in [0.717, 1.165) is 18.7 Å². The van der Waals surface area contributed by atoms with E-state index in [4.69, 9.17) is 9.47 Å². The molecule has 2 saturated heterocycles. The zero-order valence-corrected chi connectivity index (χ0v) is 12.0. The van der Waals surface area contributed by atoms with E-state index in [0.29, 0.717) is 19.8 Å². The van der Waals surface area contributed by atoms with Crippen molar-refractivity contribution in [3.63, 3.8) is 0 Å². The minimum atomic E-state index is -0.245. The van der Waals surface area contributed by atoms with Gasteiger partial charge >= 0.3 is 6.09 Å². The molecule has 2 fully saturated rings. The molecule has 1 N–H and O–H groups in total. The number of nitrogens with zero attached hydrogens (tertiary/aromatic N) is 1. The molecule has 1 aromatic carbocycles. The van der Waals surface area contributed by atoms with Gasteiger partial charge in [0, 0.05) is 19.6 Å².